The molecule has 0 saturated carbocycles. The summed E-state index contributed by atoms with van der Waals surface area (Å²) in [5.41, 5.74) is 0. The highest BCUT2D eigenvalue weighted by molar-refractivity contribution is 5.69. The Bertz CT molecular complexity index is 349. The predicted octanol–water partition coefficient (Wildman–Crippen LogP) is 6.89. The zero-order chi connectivity index (χ0) is 22.1. The Balaban J connectivity index is 3.50. The van der Waals surface area contributed by atoms with E-state index in [1.54, 1.807) is 0 Å². The number of carbonyl (C=O) groups excluding carboxylic acids is 1. The third kappa shape index (κ3) is 22.1. The van der Waals surface area contributed by atoms with Crippen molar-refractivity contribution >= 4 is 5.97 Å². The summed E-state index contributed by atoms with van der Waals surface area (Å²) in [5.74, 6) is -0.0109. The first kappa shape index (κ1) is 29.4. The predicted molar refractivity (Wildman–Crippen MR) is 129 cm³/mol. The van der Waals surface area contributed by atoms with Crippen LogP contribution in [-0.2, 0) is 9.53 Å². The summed E-state index contributed by atoms with van der Waals surface area (Å²) in [4.78, 5) is 14.3. The summed E-state index contributed by atoms with van der Waals surface area (Å²) >= 11 is 0. The molecule has 0 aliphatic carbocycles. The molecule has 1 N–H and O–H groups in total. The van der Waals surface area contributed by atoms with Crippen LogP contribution in [0.25, 0.3) is 0 Å². The van der Waals surface area contributed by atoms with Crippen LogP contribution in [0.4, 0.5) is 0 Å². The van der Waals surface area contributed by atoms with Gasteiger partial charge < -0.3 is 14.7 Å². The number of aliphatic hydroxyl groups excluding tert-OH is 1. The van der Waals surface area contributed by atoms with Crippen LogP contribution in [0.15, 0.2) is 0 Å². The van der Waals surface area contributed by atoms with Crippen molar-refractivity contribution in [2.24, 2.45) is 0 Å². The summed E-state index contributed by atoms with van der Waals surface area (Å²) in [5, 5.41) is 9.09. The number of unbranched alkanes of at least 4 members (excludes halogenated alkanes) is 13. The van der Waals surface area contributed by atoms with E-state index in [0.717, 1.165) is 38.8 Å². The largest absolute Gasteiger partial charge is 0.466 e. The van der Waals surface area contributed by atoms with Crippen molar-refractivity contribution in [2.75, 3.05) is 32.8 Å². The number of carbonyl (C=O) groups is 1. The van der Waals surface area contributed by atoms with Crippen molar-refractivity contribution < 1.29 is 14.6 Å². The van der Waals surface area contributed by atoms with E-state index in [2.05, 4.69) is 18.7 Å². The molecular weight excluding hydrogens is 374 g/mol. The van der Waals surface area contributed by atoms with Crippen LogP contribution in [0.5, 0.6) is 0 Å². The van der Waals surface area contributed by atoms with Gasteiger partial charge in [0.1, 0.15) is 0 Å². The SMILES string of the molecule is CCCCCCCCCOC(=O)CCCCCCCN(CCCO)CCCCCC. The Morgan fingerprint density at radius 3 is 1.70 bits per heavy atom. The molecule has 0 aromatic carbocycles. The Labute approximate surface area is 188 Å². The van der Waals surface area contributed by atoms with E-state index in [9.17, 15) is 4.79 Å². The highest BCUT2D eigenvalue weighted by Gasteiger charge is 2.05. The minimum Gasteiger partial charge on any atom is -0.466 e. The molecule has 30 heavy (non-hydrogen) atoms. The lowest BCUT2D eigenvalue weighted by atomic mass is 10.1. The molecule has 0 aliphatic rings. The minimum atomic E-state index is -0.0109. The zero-order valence-corrected chi connectivity index (χ0v) is 20.5. The highest BCUT2D eigenvalue weighted by atomic mass is 16.5. The first-order valence-corrected chi connectivity index (χ1v) is 13.2. The van der Waals surface area contributed by atoms with Gasteiger partial charge in [-0.1, -0.05) is 90.9 Å². The molecule has 4 nitrogen and oxygen atoms in total. The summed E-state index contributed by atoms with van der Waals surface area (Å²) in [7, 11) is 0. The number of hydrogen-bond donors (Lipinski definition) is 1. The smallest absolute Gasteiger partial charge is 0.305 e. The lowest BCUT2D eigenvalue weighted by Gasteiger charge is -2.22. The highest BCUT2D eigenvalue weighted by Crippen LogP contribution is 2.10. The zero-order valence-electron chi connectivity index (χ0n) is 20.5. The molecule has 180 valence electrons. The first-order valence-electron chi connectivity index (χ1n) is 13.2. The molecule has 0 bridgehead atoms. The number of esters is 1. The van der Waals surface area contributed by atoms with E-state index < -0.39 is 0 Å². The van der Waals surface area contributed by atoms with Gasteiger partial charge in [-0.15, -0.1) is 0 Å². The van der Waals surface area contributed by atoms with Crippen LogP contribution in [0, 0.1) is 0 Å². The van der Waals surface area contributed by atoms with Gasteiger partial charge in [-0.3, -0.25) is 4.79 Å². The van der Waals surface area contributed by atoms with E-state index >= 15 is 0 Å². The van der Waals surface area contributed by atoms with Crippen molar-refractivity contribution in [1.82, 2.24) is 4.90 Å². The minimum absolute atomic E-state index is 0.0109. The number of hydrogen-bond acceptors (Lipinski definition) is 4. The molecule has 0 fully saturated rings. The number of aliphatic hydroxyl groups is 1. The normalized spacial score (nSPS) is 11.3. The van der Waals surface area contributed by atoms with Crippen molar-refractivity contribution in [3.8, 4) is 0 Å². The van der Waals surface area contributed by atoms with Crippen LogP contribution in [0.2, 0.25) is 0 Å². The van der Waals surface area contributed by atoms with Gasteiger partial charge in [0.05, 0.1) is 6.61 Å². The van der Waals surface area contributed by atoms with Crippen molar-refractivity contribution in [1.29, 1.82) is 0 Å². The van der Waals surface area contributed by atoms with Crippen LogP contribution in [0.3, 0.4) is 0 Å². The summed E-state index contributed by atoms with van der Waals surface area (Å²) in [6.07, 6.45) is 21.2. The molecule has 0 saturated heterocycles. The van der Waals surface area contributed by atoms with Crippen LogP contribution >= 0.6 is 0 Å². The van der Waals surface area contributed by atoms with E-state index in [1.165, 1.54) is 90.0 Å². The lowest BCUT2D eigenvalue weighted by Crippen LogP contribution is -2.27. The first-order chi connectivity index (χ1) is 14.7. The second kappa shape index (κ2) is 24.7. The fourth-order valence-electron chi connectivity index (χ4n) is 3.84. The third-order valence-electron chi connectivity index (χ3n) is 5.83. The van der Waals surface area contributed by atoms with E-state index in [1.807, 2.05) is 0 Å². The molecule has 4 heteroatoms. The van der Waals surface area contributed by atoms with Gasteiger partial charge in [0, 0.05) is 19.6 Å². The molecule has 0 heterocycles. The maximum atomic E-state index is 11.8. The van der Waals surface area contributed by atoms with Gasteiger partial charge in [0.2, 0.25) is 0 Å². The Morgan fingerprint density at radius 2 is 1.10 bits per heavy atom. The van der Waals surface area contributed by atoms with Crippen LogP contribution in [0.1, 0.15) is 129 Å². The molecule has 0 amide bonds. The number of nitrogens with zero attached hydrogens (tertiary/aromatic N) is 1. The Kier molecular flexibility index (Phi) is 24.2. The monoisotopic (exact) mass is 427 g/mol. The van der Waals surface area contributed by atoms with E-state index in [0.29, 0.717) is 19.6 Å². The maximum Gasteiger partial charge on any atom is 0.305 e. The maximum absolute atomic E-state index is 11.8. The summed E-state index contributed by atoms with van der Waals surface area (Å²) < 4.78 is 5.36. The lowest BCUT2D eigenvalue weighted by molar-refractivity contribution is -0.143. The molecule has 0 aromatic rings. The van der Waals surface area contributed by atoms with Gasteiger partial charge in [-0.05, 0) is 45.2 Å². The van der Waals surface area contributed by atoms with Crippen molar-refractivity contribution in [2.45, 2.75) is 129 Å². The molecular formula is C26H53NO3. The van der Waals surface area contributed by atoms with E-state index in [4.69, 9.17) is 9.84 Å². The second-order valence-electron chi connectivity index (χ2n) is 8.84. The quantitative estimate of drug-likeness (QED) is 0.135. The standard InChI is InChI=1S/C26H53NO3/c1-3-5-7-9-10-14-18-25-30-26(29)20-15-12-11-13-17-22-27(23-19-24-28)21-16-8-6-4-2/h28H,3-25H2,1-2H3. The second-order valence-corrected chi connectivity index (χ2v) is 8.84. The van der Waals surface area contributed by atoms with Crippen molar-refractivity contribution in [3.63, 3.8) is 0 Å². The van der Waals surface area contributed by atoms with Gasteiger partial charge in [-0.25, -0.2) is 0 Å². The van der Waals surface area contributed by atoms with Crippen LogP contribution < -0.4 is 0 Å². The molecule has 0 unspecified atom stereocenters. The molecule has 0 rings (SSSR count). The van der Waals surface area contributed by atoms with Gasteiger partial charge in [0.25, 0.3) is 0 Å². The fraction of sp³-hybridized carbons (Fsp3) is 0.962. The molecule has 0 radical (unpaired) electrons. The topological polar surface area (TPSA) is 49.8 Å². The average Bonchev–Trinajstić information content (AvgIpc) is 2.75. The van der Waals surface area contributed by atoms with Gasteiger partial charge in [-0.2, -0.15) is 0 Å². The third-order valence-corrected chi connectivity index (χ3v) is 5.83. The Hall–Kier alpha value is -0.610. The van der Waals surface area contributed by atoms with Gasteiger partial charge in [0.15, 0.2) is 0 Å². The average molecular weight is 428 g/mol. The number of ether oxygens (including phenoxy) is 1. The fourth-order valence-corrected chi connectivity index (χ4v) is 3.84. The Morgan fingerprint density at radius 1 is 0.633 bits per heavy atom. The summed E-state index contributed by atoms with van der Waals surface area (Å²) in [6.45, 7) is 8.73. The number of rotatable bonds is 24. The van der Waals surface area contributed by atoms with Crippen LogP contribution in [-0.4, -0.2) is 48.8 Å². The molecule has 0 spiro atoms. The van der Waals surface area contributed by atoms with Crippen molar-refractivity contribution in [3.05, 3.63) is 0 Å². The molecule has 0 aliphatic heterocycles. The molecule has 0 atom stereocenters. The molecule has 0 aromatic heterocycles. The van der Waals surface area contributed by atoms with Gasteiger partial charge >= 0.3 is 5.97 Å². The summed E-state index contributed by atoms with van der Waals surface area (Å²) in [6, 6.07) is 0. The van der Waals surface area contributed by atoms with E-state index in [-0.39, 0.29) is 5.97 Å².